The van der Waals surface area contributed by atoms with Gasteiger partial charge >= 0.3 is 0 Å². The Hall–Kier alpha value is -2.11. The molecule has 3 rings (SSSR count). The van der Waals surface area contributed by atoms with E-state index in [1.54, 1.807) is 17.0 Å². The van der Waals surface area contributed by atoms with Crippen LogP contribution in [0.15, 0.2) is 18.5 Å². The summed E-state index contributed by atoms with van der Waals surface area (Å²) in [5.41, 5.74) is 0.926. The molecule has 0 radical (unpaired) electrons. The fourth-order valence-electron chi connectivity index (χ4n) is 3.69. The average molecular weight is 316 g/mol. The molecule has 0 saturated carbocycles. The van der Waals surface area contributed by atoms with E-state index in [0.29, 0.717) is 12.3 Å². The molecule has 124 valence electrons. The maximum atomic E-state index is 12.4. The molecule has 2 saturated heterocycles. The van der Waals surface area contributed by atoms with Crippen molar-refractivity contribution in [2.45, 2.75) is 31.7 Å². The van der Waals surface area contributed by atoms with Crippen LogP contribution >= 0.6 is 0 Å². The van der Waals surface area contributed by atoms with Crippen molar-refractivity contribution in [1.82, 2.24) is 19.6 Å². The monoisotopic (exact) mass is 316 g/mol. The maximum absolute atomic E-state index is 12.4. The third-order valence-corrected chi connectivity index (χ3v) is 5.01. The molecule has 1 aromatic heterocycles. The fraction of sp³-hybridized carbons (Fsp3) is 0.588. The second-order valence-corrected chi connectivity index (χ2v) is 6.58. The number of rotatable bonds is 2. The molecule has 0 unspecified atom stereocenters. The van der Waals surface area contributed by atoms with E-state index < -0.39 is 0 Å². The van der Waals surface area contributed by atoms with Crippen molar-refractivity contribution in [3.05, 3.63) is 24.0 Å². The zero-order chi connectivity index (χ0) is 16.4. The van der Waals surface area contributed by atoms with Crippen LogP contribution in [-0.2, 0) is 16.6 Å². The van der Waals surface area contributed by atoms with Gasteiger partial charge in [0.15, 0.2) is 0 Å². The molecule has 2 fully saturated rings. The van der Waals surface area contributed by atoms with E-state index in [1.165, 1.54) is 0 Å². The van der Waals surface area contributed by atoms with E-state index in [-0.39, 0.29) is 17.9 Å². The lowest BCUT2D eigenvalue weighted by molar-refractivity contribution is -0.134. The predicted octanol–water partition coefficient (Wildman–Crippen LogP) is 1.29. The minimum atomic E-state index is 0.0468. The number of amides is 2. The van der Waals surface area contributed by atoms with Crippen LogP contribution in [0.5, 0.6) is 0 Å². The normalized spacial score (nSPS) is 25.6. The van der Waals surface area contributed by atoms with Crippen molar-refractivity contribution in [1.29, 1.82) is 0 Å². The van der Waals surface area contributed by atoms with Crippen LogP contribution in [0.25, 0.3) is 6.08 Å². The topological polar surface area (TPSA) is 58.4 Å². The smallest absolute Gasteiger partial charge is 0.246 e. The van der Waals surface area contributed by atoms with Gasteiger partial charge in [-0.1, -0.05) is 0 Å². The van der Waals surface area contributed by atoms with E-state index in [2.05, 4.69) is 5.10 Å². The molecule has 23 heavy (non-hydrogen) atoms. The molecule has 2 aliphatic rings. The number of aromatic nitrogens is 2. The molecular formula is C17H24N4O2. The summed E-state index contributed by atoms with van der Waals surface area (Å²) in [6.07, 6.45) is 10.5. The van der Waals surface area contributed by atoms with Crippen molar-refractivity contribution in [2.24, 2.45) is 13.0 Å². The van der Waals surface area contributed by atoms with E-state index in [4.69, 9.17) is 0 Å². The van der Waals surface area contributed by atoms with Gasteiger partial charge in [-0.15, -0.1) is 0 Å². The highest BCUT2D eigenvalue weighted by atomic mass is 16.2. The van der Waals surface area contributed by atoms with Crippen molar-refractivity contribution in [3.63, 3.8) is 0 Å². The van der Waals surface area contributed by atoms with Crippen LogP contribution in [0, 0.1) is 5.92 Å². The average Bonchev–Trinajstić information content (AvgIpc) is 2.91. The minimum absolute atomic E-state index is 0.0468. The van der Waals surface area contributed by atoms with Crippen LogP contribution < -0.4 is 0 Å². The summed E-state index contributed by atoms with van der Waals surface area (Å²) >= 11 is 0. The summed E-state index contributed by atoms with van der Waals surface area (Å²) in [4.78, 5) is 28.2. The van der Waals surface area contributed by atoms with Crippen LogP contribution in [0.3, 0.4) is 0 Å². The lowest BCUT2D eigenvalue weighted by Crippen LogP contribution is -2.51. The molecule has 0 aliphatic carbocycles. The third-order valence-electron chi connectivity index (χ3n) is 5.01. The Balaban J connectivity index is 1.63. The first-order valence-corrected chi connectivity index (χ1v) is 8.26. The van der Waals surface area contributed by atoms with Crippen LogP contribution in [0.1, 0.15) is 31.2 Å². The first-order valence-electron chi connectivity index (χ1n) is 8.26. The van der Waals surface area contributed by atoms with Crippen LogP contribution in [0.4, 0.5) is 0 Å². The summed E-state index contributed by atoms with van der Waals surface area (Å²) in [5.74, 6) is 0.690. The Morgan fingerprint density at radius 3 is 2.91 bits per heavy atom. The van der Waals surface area contributed by atoms with Crippen molar-refractivity contribution < 1.29 is 9.59 Å². The lowest BCUT2D eigenvalue weighted by atomic mass is 9.88. The molecular weight excluding hydrogens is 292 g/mol. The number of carbonyl (C=O) groups is 2. The summed E-state index contributed by atoms with van der Waals surface area (Å²) in [6.45, 7) is 1.47. The predicted molar refractivity (Wildman–Crippen MR) is 87.3 cm³/mol. The Kier molecular flexibility index (Phi) is 4.50. The first-order chi connectivity index (χ1) is 11.0. The van der Waals surface area contributed by atoms with Gasteiger partial charge < -0.3 is 9.80 Å². The molecule has 0 bridgehead atoms. The second kappa shape index (κ2) is 6.56. The summed E-state index contributed by atoms with van der Waals surface area (Å²) in [5, 5.41) is 4.09. The molecule has 2 aliphatic heterocycles. The summed E-state index contributed by atoms with van der Waals surface area (Å²) in [7, 11) is 3.76. The van der Waals surface area contributed by atoms with Gasteiger partial charge in [-0.3, -0.25) is 14.3 Å². The fourth-order valence-corrected chi connectivity index (χ4v) is 3.69. The Bertz CT molecular complexity index is 622. The zero-order valence-electron chi connectivity index (χ0n) is 13.8. The van der Waals surface area contributed by atoms with Crippen LogP contribution in [0.2, 0.25) is 0 Å². The first kappa shape index (κ1) is 15.8. The molecule has 1 aromatic rings. The van der Waals surface area contributed by atoms with Gasteiger partial charge in [0.25, 0.3) is 0 Å². The number of likely N-dealkylation sites (tertiary alicyclic amines) is 2. The molecule has 2 amide bonds. The standard InChI is InChI=1S/C17H24N4O2/c1-19-11-13(10-18-19)6-7-17(23)21-9-8-15-14(12-21)4-3-5-16(22)20(15)2/h6-7,10-11,14-15H,3-5,8-9,12H2,1-2H3/b7-6+/t14-,15-/m1/s1. The van der Waals surface area contributed by atoms with Crippen molar-refractivity contribution in [3.8, 4) is 0 Å². The maximum Gasteiger partial charge on any atom is 0.246 e. The molecule has 0 aromatic carbocycles. The highest BCUT2D eigenvalue weighted by molar-refractivity contribution is 5.91. The Morgan fingerprint density at radius 1 is 1.35 bits per heavy atom. The van der Waals surface area contributed by atoms with Gasteiger partial charge in [-0.05, 0) is 31.3 Å². The SMILES string of the molecule is CN1C(=O)CCC[C@@H]2CN(C(=O)/C=C/c3cnn(C)c3)CC[C@H]21. The van der Waals surface area contributed by atoms with E-state index in [9.17, 15) is 9.59 Å². The number of hydrogen-bond donors (Lipinski definition) is 0. The van der Waals surface area contributed by atoms with Crippen molar-refractivity contribution in [2.75, 3.05) is 20.1 Å². The van der Waals surface area contributed by atoms with Gasteiger partial charge in [0.1, 0.15) is 0 Å². The van der Waals surface area contributed by atoms with E-state index >= 15 is 0 Å². The van der Waals surface area contributed by atoms with Gasteiger partial charge in [-0.25, -0.2) is 0 Å². The molecule has 0 N–H and O–H groups in total. The minimum Gasteiger partial charge on any atom is -0.342 e. The highest BCUT2D eigenvalue weighted by Gasteiger charge is 2.36. The molecule has 6 heteroatoms. The lowest BCUT2D eigenvalue weighted by Gasteiger charge is -2.41. The number of carbonyl (C=O) groups excluding carboxylic acids is 2. The number of piperidine rings is 1. The van der Waals surface area contributed by atoms with Crippen LogP contribution in [-0.4, -0.2) is 57.6 Å². The molecule has 2 atom stereocenters. The summed E-state index contributed by atoms with van der Waals surface area (Å²) < 4.78 is 1.72. The molecule has 6 nitrogen and oxygen atoms in total. The highest BCUT2D eigenvalue weighted by Crippen LogP contribution is 2.29. The largest absolute Gasteiger partial charge is 0.342 e. The Labute approximate surface area is 136 Å². The van der Waals surface area contributed by atoms with Gasteiger partial charge in [-0.2, -0.15) is 5.10 Å². The molecule has 0 spiro atoms. The second-order valence-electron chi connectivity index (χ2n) is 6.58. The number of hydrogen-bond acceptors (Lipinski definition) is 3. The quantitative estimate of drug-likeness (QED) is 0.773. The van der Waals surface area contributed by atoms with Gasteiger partial charge in [0.2, 0.25) is 11.8 Å². The number of fused-ring (bicyclic) bond motifs is 1. The van der Waals surface area contributed by atoms with Gasteiger partial charge in [0, 0.05) is 57.5 Å². The van der Waals surface area contributed by atoms with E-state index in [0.717, 1.165) is 37.9 Å². The molecule has 3 heterocycles. The number of aryl methyl sites for hydroxylation is 1. The Morgan fingerprint density at radius 2 is 2.17 bits per heavy atom. The summed E-state index contributed by atoms with van der Waals surface area (Å²) in [6, 6.07) is 0.288. The number of nitrogens with zero attached hydrogens (tertiary/aromatic N) is 4. The van der Waals surface area contributed by atoms with Gasteiger partial charge in [0.05, 0.1) is 6.20 Å². The zero-order valence-corrected chi connectivity index (χ0v) is 13.8. The van der Waals surface area contributed by atoms with Crippen molar-refractivity contribution >= 4 is 17.9 Å². The van der Waals surface area contributed by atoms with E-state index in [1.807, 2.05) is 36.2 Å². The third kappa shape index (κ3) is 3.46.